The van der Waals surface area contributed by atoms with Crippen LogP contribution in [-0.4, -0.2) is 42.9 Å². The van der Waals surface area contributed by atoms with Gasteiger partial charge in [-0.1, -0.05) is 28.8 Å². The Kier molecular flexibility index (Phi) is 7.39. The lowest BCUT2D eigenvalue weighted by atomic mass is 10.2. The number of carbonyl (C=O) groups is 1. The summed E-state index contributed by atoms with van der Waals surface area (Å²) >= 11 is 3.36. The van der Waals surface area contributed by atoms with Gasteiger partial charge in [0.25, 0.3) is 5.91 Å². The molecule has 5 nitrogen and oxygen atoms in total. The predicted molar refractivity (Wildman–Crippen MR) is 97.6 cm³/mol. The van der Waals surface area contributed by atoms with E-state index in [1.165, 1.54) is 25.7 Å². The maximum atomic E-state index is 11.9. The van der Waals surface area contributed by atoms with E-state index in [4.69, 9.17) is 5.73 Å². The van der Waals surface area contributed by atoms with Crippen LogP contribution in [0.15, 0.2) is 33.7 Å². The maximum Gasteiger partial charge on any atom is 0.251 e. The van der Waals surface area contributed by atoms with E-state index < -0.39 is 0 Å². The van der Waals surface area contributed by atoms with Crippen molar-refractivity contribution in [1.82, 2.24) is 10.2 Å². The lowest BCUT2D eigenvalue weighted by molar-refractivity contribution is 0.0953. The zero-order valence-corrected chi connectivity index (χ0v) is 15.0. The van der Waals surface area contributed by atoms with Crippen LogP contribution in [0.1, 0.15) is 42.5 Å². The zero-order chi connectivity index (χ0) is 16.5. The Morgan fingerprint density at radius 2 is 1.83 bits per heavy atom. The fraction of sp³-hybridized carbons (Fsp3) is 0.529. The van der Waals surface area contributed by atoms with E-state index in [1.807, 2.05) is 12.1 Å². The van der Waals surface area contributed by atoms with Crippen LogP contribution >= 0.6 is 15.9 Å². The van der Waals surface area contributed by atoms with Crippen molar-refractivity contribution in [3.8, 4) is 0 Å². The van der Waals surface area contributed by atoms with Gasteiger partial charge in [0.05, 0.1) is 0 Å². The SMILES string of the molecule is NC(=NCCCNC(=O)c1ccc(Br)cc1)N1CCCCCC1. The smallest absolute Gasteiger partial charge is 0.251 e. The van der Waals surface area contributed by atoms with Crippen LogP contribution in [0, 0.1) is 0 Å². The molecule has 2 rings (SSSR count). The van der Waals surface area contributed by atoms with Crippen molar-refractivity contribution in [3.05, 3.63) is 34.3 Å². The second-order valence-corrected chi connectivity index (χ2v) is 6.67. The first-order chi connectivity index (χ1) is 11.2. The van der Waals surface area contributed by atoms with Crippen molar-refractivity contribution in [2.75, 3.05) is 26.2 Å². The van der Waals surface area contributed by atoms with Crippen molar-refractivity contribution in [2.45, 2.75) is 32.1 Å². The largest absolute Gasteiger partial charge is 0.370 e. The van der Waals surface area contributed by atoms with E-state index in [2.05, 4.69) is 31.1 Å². The second kappa shape index (κ2) is 9.55. The lowest BCUT2D eigenvalue weighted by Crippen LogP contribution is -2.38. The Bertz CT molecular complexity index is 522. The van der Waals surface area contributed by atoms with E-state index in [0.29, 0.717) is 24.6 Å². The van der Waals surface area contributed by atoms with Crippen LogP contribution in [0.4, 0.5) is 0 Å². The molecule has 3 N–H and O–H groups in total. The Labute approximate surface area is 146 Å². The molecule has 1 aromatic carbocycles. The number of nitrogens with two attached hydrogens (primary N) is 1. The summed E-state index contributed by atoms with van der Waals surface area (Å²) in [5.41, 5.74) is 6.72. The molecule has 0 aliphatic carbocycles. The minimum Gasteiger partial charge on any atom is -0.370 e. The number of hydrogen-bond acceptors (Lipinski definition) is 2. The standard InChI is InChI=1S/C17H25BrN4O/c18-15-8-6-14(7-9-15)16(23)20-10-5-11-21-17(19)22-12-3-1-2-4-13-22/h6-9H,1-5,10-13H2,(H2,19,21)(H,20,23). The average Bonchev–Trinajstić information content (AvgIpc) is 2.84. The molecule has 0 aromatic heterocycles. The molecule has 1 aromatic rings. The molecule has 1 heterocycles. The number of hydrogen-bond donors (Lipinski definition) is 2. The molecule has 1 fully saturated rings. The molecule has 0 atom stereocenters. The first-order valence-electron chi connectivity index (χ1n) is 8.25. The first kappa shape index (κ1) is 17.8. The second-order valence-electron chi connectivity index (χ2n) is 5.76. The molecule has 126 valence electrons. The molecule has 0 unspecified atom stereocenters. The van der Waals surface area contributed by atoms with Crippen molar-refractivity contribution < 1.29 is 4.79 Å². The van der Waals surface area contributed by atoms with E-state index >= 15 is 0 Å². The number of benzene rings is 1. The quantitative estimate of drug-likeness (QED) is 0.468. The van der Waals surface area contributed by atoms with E-state index in [1.54, 1.807) is 12.1 Å². The number of nitrogens with zero attached hydrogens (tertiary/aromatic N) is 2. The average molecular weight is 381 g/mol. The molecular formula is C17H25BrN4O. The normalized spacial score (nSPS) is 16.0. The van der Waals surface area contributed by atoms with Crippen LogP contribution in [0.25, 0.3) is 0 Å². The summed E-state index contributed by atoms with van der Waals surface area (Å²) < 4.78 is 0.965. The Morgan fingerprint density at radius 1 is 1.17 bits per heavy atom. The van der Waals surface area contributed by atoms with Crippen molar-refractivity contribution in [1.29, 1.82) is 0 Å². The molecule has 1 aliphatic heterocycles. The van der Waals surface area contributed by atoms with Crippen LogP contribution in [0.5, 0.6) is 0 Å². The van der Waals surface area contributed by atoms with Gasteiger partial charge in [0.1, 0.15) is 0 Å². The number of likely N-dealkylation sites (tertiary alicyclic amines) is 1. The minimum absolute atomic E-state index is 0.0537. The van der Waals surface area contributed by atoms with Gasteiger partial charge in [-0.15, -0.1) is 0 Å². The van der Waals surface area contributed by atoms with E-state index in [9.17, 15) is 4.79 Å². The molecule has 1 saturated heterocycles. The van der Waals surface area contributed by atoms with Crippen molar-refractivity contribution in [2.24, 2.45) is 10.7 Å². The number of carbonyl (C=O) groups excluding carboxylic acids is 1. The number of guanidine groups is 1. The van der Waals surface area contributed by atoms with Gasteiger partial charge in [-0.2, -0.15) is 0 Å². The monoisotopic (exact) mass is 380 g/mol. The number of rotatable bonds is 5. The van der Waals surface area contributed by atoms with Gasteiger partial charge in [0, 0.05) is 36.2 Å². The highest BCUT2D eigenvalue weighted by atomic mass is 79.9. The predicted octanol–water partition coefficient (Wildman–Crippen LogP) is 2.76. The highest BCUT2D eigenvalue weighted by Crippen LogP contribution is 2.10. The van der Waals surface area contributed by atoms with Gasteiger partial charge in [-0.05, 0) is 43.5 Å². The molecule has 0 spiro atoms. The topological polar surface area (TPSA) is 70.7 Å². The van der Waals surface area contributed by atoms with Crippen LogP contribution in [-0.2, 0) is 0 Å². The van der Waals surface area contributed by atoms with Gasteiger partial charge in [-0.3, -0.25) is 9.79 Å². The number of aliphatic imine (C=N–C) groups is 1. The fourth-order valence-corrected chi connectivity index (χ4v) is 2.84. The summed E-state index contributed by atoms with van der Waals surface area (Å²) in [5, 5.41) is 2.90. The Morgan fingerprint density at radius 3 is 2.48 bits per heavy atom. The summed E-state index contributed by atoms with van der Waals surface area (Å²) in [7, 11) is 0. The molecule has 0 bridgehead atoms. The minimum atomic E-state index is -0.0537. The molecule has 23 heavy (non-hydrogen) atoms. The van der Waals surface area contributed by atoms with Gasteiger partial charge in [-0.25, -0.2) is 0 Å². The molecule has 6 heteroatoms. The lowest BCUT2D eigenvalue weighted by Gasteiger charge is -2.21. The third-order valence-corrected chi connectivity index (χ3v) is 4.46. The van der Waals surface area contributed by atoms with Crippen LogP contribution < -0.4 is 11.1 Å². The van der Waals surface area contributed by atoms with Crippen LogP contribution in [0.3, 0.4) is 0 Å². The third kappa shape index (κ3) is 6.22. The Balaban J connectivity index is 1.67. The van der Waals surface area contributed by atoms with Gasteiger partial charge < -0.3 is 16.0 Å². The molecule has 0 radical (unpaired) electrons. The van der Waals surface area contributed by atoms with Crippen molar-refractivity contribution >= 4 is 27.8 Å². The van der Waals surface area contributed by atoms with Crippen LogP contribution in [0.2, 0.25) is 0 Å². The summed E-state index contributed by atoms with van der Waals surface area (Å²) in [6.07, 6.45) is 5.74. The summed E-state index contributed by atoms with van der Waals surface area (Å²) in [4.78, 5) is 18.6. The summed E-state index contributed by atoms with van der Waals surface area (Å²) in [6.45, 7) is 3.26. The first-order valence-corrected chi connectivity index (χ1v) is 9.05. The van der Waals surface area contributed by atoms with Gasteiger partial charge in [0.15, 0.2) is 5.96 Å². The third-order valence-electron chi connectivity index (χ3n) is 3.93. The Hall–Kier alpha value is -1.56. The summed E-state index contributed by atoms with van der Waals surface area (Å²) in [6, 6.07) is 7.33. The summed E-state index contributed by atoms with van der Waals surface area (Å²) in [5.74, 6) is 0.591. The fourth-order valence-electron chi connectivity index (χ4n) is 2.58. The molecule has 1 aliphatic rings. The van der Waals surface area contributed by atoms with Gasteiger partial charge in [0.2, 0.25) is 0 Å². The molecular weight excluding hydrogens is 356 g/mol. The highest BCUT2D eigenvalue weighted by molar-refractivity contribution is 9.10. The number of nitrogens with one attached hydrogen (secondary N) is 1. The van der Waals surface area contributed by atoms with Crippen molar-refractivity contribution in [3.63, 3.8) is 0 Å². The zero-order valence-electron chi connectivity index (χ0n) is 13.4. The molecule has 1 amide bonds. The number of amides is 1. The van der Waals surface area contributed by atoms with E-state index in [-0.39, 0.29) is 5.91 Å². The van der Waals surface area contributed by atoms with Gasteiger partial charge >= 0.3 is 0 Å². The molecule has 0 saturated carbocycles. The maximum absolute atomic E-state index is 11.9. The number of halogens is 1. The van der Waals surface area contributed by atoms with E-state index in [0.717, 1.165) is 24.0 Å². The highest BCUT2D eigenvalue weighted by Gasteiger charge is 2.10.